The number of nitrogens with zero attached hydrogens (tertiary/aromatic N) is 3. The first-order valence-electron chi connectivity index (χ1n) is 9.96. The zero-order chi connectivity index (χ0) is 20.5. The fourth-order valence-electron chi connectivity index (χ4n) is 4.31. The van der Waals surface area contributed by atoms with Crippen molar-refractivity contribution in [3.05, 3.63) is 85.8 Å². The number of hydrogen-bond acceptors (Lipinski definition) is 2. The van der Waals surface area contributed by atoms with Crippen LogP contribution in [0, 0.1) is 6.92 Å². The molecule has 0 spiro atoms. The largest absolute Gasteiger partial charge is 0.297 e. The van der Waals surface area contributed by atoms with Crippen LogP contribution in [-0.4, -0.2) is 27.4 Å². The molecule has 1 saturated heterocycles. The molecule has 0 unspecified atom stereocenters. The lowest BCUT2D eigenvalue weighted by Crippen LogP contribution is -2.33. The Hall–Kier alpha value is -2.01. The lowest BCUT2D eigenvalue weighted by Gasteiger charge is -2.33. The van der Waals surface area contributed by atoms with Gasteiger partial charge in [0.25, 0.3) is 5.56 Å². The van der Waals surface area contributed by atoms with Crippen molar-refractivity contribution in [2.45, 2.75) is 32.2 Å². The van der Waals surface area contributed by atoms with Gasteiger partial charge in [-0.05, 0) is 74.2 Å². The van der Waals surface area contributed by atoms with Gasteiger partial charge in [-0.2, -0.15) is 0 Å². The van der Waals surface area contributed by atoms with Crippen molar-refractivity contribution >= 4 is 23.2 Å². The molecule has 0 saturated carbocycles. The number of benzene rings is 2. The summed E-state index contributed by atoms with van der Waals surface area (Å²) in [4.78, 5) is 15.1. The molecule has 152 valence electrons. The van der Waals surface area contributed by atoms with Crippen LogP contribution in [0.2, 0.25) is 10.0 Å². The van der Waals surface area contributed by atoms with Crippen molar-refractivity contribution in [2.24, 2.45) is 7.05 Å². The van der Waals surface area contributed by atoms with Gasteiger partial charge in [-0.3, -0.25) is 14.4 Å². The van der Waals surface area contributed by atoms with E-state index in [0.29, 0.717) is 17.5 Å². The third kappa shape index (κ3) is 4.02. The molecule has 0 atom stereocenters. The molecule has 0 radical (unpaired) electrons. The monoisotopic (exact) mass is 429 g/mol. The van der Waals surface area contributed by atoms with Crippen molar-refractivity contribution < 1.29 is 0 Å². The molecule has 1 aromatic heterocycles. The van der Waals surface area contributed by atoms with Crippen molar-refractivity contribution in [2.75, 3.05) is 13.1 Å². The van der Waals surface area contributed by atoms with E-state index in [-0.39, 0.29) is 5.56 Å². The molecule has 6 heteroatoms. The Bertz CT molecular complexity index is 1060. The Labute approximate surface area is 181 Å². The number of aryl methyl sites for hydroxylation is 1. The van der Waals surface area contributed by atoms with Gasteiger partial charge < -0.3 is 0 Å². The molecule has 0 amide bonds. The number of rotatable bonds is 4. The van der Waals surface area contributed by atoms with Gasteiger partial charge >= 0.3 is 0 Å². The summed E-state index contributed by atoms with van der Waals surface area (Å²) in [7, 11) is 1.90. The molecule has 1 aliphatic rings. The van der Waals surface area contributed by atoms with Crippen LogP contribution < -0.4 is 5.56 Å². The Kier molecular flexibility index (Phi) is 5.86. The van der Waals surface area contributed by atoms with Crippen LogP contribution in [0.1, 0.15) is 35.6 Å². The Morgan fingerprint density at radius 3 is 2.41 bits per heavy atom. The summed E-state index contributed by atoms with van der Waals surface area (Å²) < 4.78 is 3.52. The number of likely N-dealkylation sites (tertiary alicyclic amines) is 1. The number of para-hydroxylation sites is 1. The number of hydrogen-bond donors (Lipinski definition) is 0. The molecular weight excluding hydrogens is 405 g/mol. The molecule has 4 rings (SSSR count). The summed E-state index contributed by atoms with van der Waals surface area (Å²) in [5, 5.41) is 1.11. The molecule has 29 heavy (non-hydrogen) atoms. The van der Waals surface area contributed by atoms with Gasteiger partial charge in [0, 0.05) is 18.6 Å². The summed E-state index contributed by atoms with van der Waals surface area (Å²) >= 11 is 12.7. The molecule has 1 fully saturated rings. The summed E-state index contributed by atoms with van der Waals surface area (Å²) in [5.74, 6) is 0.526. The van der Waals surface area contributed by atoms with Crippen LogP contribution in [0.3, 0.4) is 0 Å². The van der Waals surface area contributed by atoms with E-state index < -0.39 is 0 Å². The summed E-state index contributed by atoms with van der Waals surface area (Å²) in [6.45, 7) is 4.76. The normalized spacial score (nSPS) is 15.7. The maximum absolute atomic E-state index is 12.7. The van der Waals surface area contributed by atoms with Crippen molar-refractivity contribution in [1.29, 1.82) is 0 Å². The van der Waals surface area contributed by atoms with E-state index in [4.69, 9.17) is 23.2 Å². The number of halogens is 2. The number of aromatic nitrogens is 2. The molecule has 3 aromatic rings. The Morgan fingerprint density at radius 1 is 1.03 bits per heavy atom. The molecule has 4 nitrogen and oxygen atoms in total. The Balaban J connectivity index is 1.50. The second-order valence-electron chi connectivity index (χ2n) is 7.79. The quantitative estimate of drug-likeness (QED) is 0.572. The first-order chi connectivity index (χ1) is 14.0. The SMILES string of the molecule is Cc1ccc(Cl)cc1C1CCN(Cc2c(Cl)c(=O)n(-c3ccccc3)n2C)CC1. The predicted molar refractivity (Wildman–Crippen MR) is 119 cm³/mol. The van der Waals surface area contributed by atoms with E-state index in [1.807, 2.05) is 48.1 Å². The van der Waals surface area contributed by atoms with E-state index in [9.17, 15) is 4.79 Å². The highest BCUT2D eigenvalue weighted by Crippen LogP contribution is 2.32. The van der Waals surface area contributed by atoms with Crippen LogP contribution in [0.25, 0.3) is 5.69 Å². The third-order valence-electron chi connectivity index (χ3n) is 5.97. The average molecular weight is 430 g/mol. The standard InChI is InChI=1S/C23H25Cl2N3O/c1-16-8-9-18(24)14-20(16)17-10-12-27(13-11-17)15-21-22(25)23(29)28(26(21)2)19-6-4-3-5-7-19/h3-9,14,17H,10-13,15H2,1-2H3. The van der Waals surface area contributed by atoms with Crippen LogP contribution in [0.5, 0.6) is 0 Å². The predicted octanol–water partition coefficient (Wildman–Crippen LogP) is 5.17. The van der Waals surface area contributed by atoms with Crippen LogP contribution in [-0.2, 0) is 13.6 Å². The second-order valence-corrected chi connectivity index (χ2v) is 8.60. The lowest BCUT2D eigenvalue weighted by molar-refractivity contribution is 0.199. The first-order valence-corrected chi connectivity index (χ1v) is 10.7. The summed E-state index contributed by atoms with van der Waals surface area (Å²) in [6.07, 6.45) is 2.15. The van der Waals surface area contributed by atoms with Crippen molar-refractivity contribution in [1.82, 2.24) is 14.3 Å². The minimum absolute atomic E-state index is 0.167. The van der Waals surface area contributed by atoms with E-state index in [1.54, 1.807) is 4.68 Å². The van der Waals surface area contributed by atoms with Gasteiger partial charge in [0.1, 0.15) is 5.02 Å². The van der Waals surface area contributed by atoms with Gasteiger partial charge in [-0.15, -0.1) is 0 Å². The van der Waals surface area contributed by atoms with E-state index in [1.165, 1.54) is 11.1 Å². The van der Waals surface area contributed by atoms with Gasteiger partial charge in [-0.1, -0.05) is 47.5 Å². The maximum atomic E-state index is 12.7. The maximum Gasteiger partial charge on any atom is 0.290 e. The zero-order valence-corrected chi connectivity index (χ0v) is 18.2. The summed E-state index contributed by atoms with van der Waals surface area (Å²) in [5.41, 5.74) is 4.18. The van der Waals surface area contributed by atoms with E-state index >= 15 is 0 Å². The van der Waals surface area contributed by atoms with Gasteiger partial charge in [-0.25, -0.2) is 4.68 Å². The molecule has 0 bridgehead atoms. The van der Waals surface area contributed by atoms with E-state index in [2.05, 4.69) is 24.0 Å². The molecular formula is C23H25Cl2N3O. The first kappa shape index (κ1) is 20.3. The van der Waals surface area contributed by atoms with Gasteiger partial charge in [0.2, 0.25) is 0 Å². The summed E-state index contributed by atoms with van der Waals surface area (Å²) in [6, 6.07) is 15.8. The van der Waals surface area contributed by atoms with Crippen LogP contribution in [0.4, 0.5) is 0 Å². The minimum atomic E-state index is -0.167. The highest BCUT2D eigenvalue weighted by Gasteiger charge is 2.25. The van der Waals surface area contributed by atoms with Gasteiger partial charge in [0.15, 0.2) is 0 Å². The highest BCUT2D eigenvalue weighted by atomic mass is 35.5. The smallest absolute Gasteiger partial charge is 0.290 e. The van der Waals surface area contributed by atoms with Crippen LogP contribution >= 0.6 is 23.2 Å². The third-order valence-corrected chi connectivity index (χ3v) is 6.58. The number of piperidine rings is 1. The fourth-order valence-corrected chi connectivity index (χ4v) is 4.75. The highest BCUT2D eigenvalue weighted by molar-refractivity contribution is 6.31. The Morgan fingerprint density at radius 2 is 1.72 bits per heavy atom. The van der Waals surface area contributed by atoms with Crippen LogP contribution in [0.15, 0.2) is 53.3 Å². The van der Waals surface area contributed by atoms with Crippen molar-refractivity contribution in [3.8, 4) is 5.69 Å². The topological polar surface area (TPSA) is 30.2 Å². The van der Waals surface area contributed by atoms with E-state index in [0.717, 1.165) is 42.3 Å². The molecule has 1 aliphatic heterocycles. The molecule has 2 heterocycles. The van der Waals surface area contributed by atoms with Gasteiger partial charge in [0.05, 0.1) is 11.4 Å². The second kappa shape index (κ2) is 8.39. The van der Waals surface area contributed by atoms with Crippen molar-refractivity contribution in [3.63, 3.8) is 0 Å². The fraction of sp³-hybridized carbons (Fsp3) is 0.348. The average Bonchev–Trinajstić information content (AvgIpc) is 2.94. The molecule has 0 aliphatic carbocycles. The minimum Gasteiger partial charge on any atom is -0.297 e. The lowest BCUT2D eigenvalue weighted by atomic mass is 9.87. The zero-order valence-electron chi connectivity index (χ0n) is 16.7. The molecule has 0 N–H and O–H groups in total. The molecule has 2 aromatic carbocycles.